The molecule has 0 spiro atoms. The molecule has 0 unspecified atom stereocenters. The van der Waals surface area contributed by atoms with Crippen LogP contribution in [0.4, 0.5) is 5.82 Å². The Kier molecular flexibility index (Phi) is 5.32. The third-order valence-corrected chi connectivity index (χ3v) is 3.10. The minimum Gasteiger partial charge on any atom is -0.392 e. The van der Waals surface area contributed by atoms with Gasteiger partial charge in [-0.2, -0.15) is 0 Å². The zero-order valence-electron chi connectivity index (χ0n) is 13.1. The Hall–Kier alpha value is -1.13. The average Bonchev–Trinajstić information content (AvgIpc) is 2.34. The van der Waals surface area contributed by atoms with Gasteiger partial charge in [0.05, 0.1) is 6.61 Å². The number of aliphatic hydroxyl groups is 1. The maximum atomic E-state index is 9.40. The molecule has 4 nitrogen and oxygen atoms in total. The molecular weight excluding hydrogens is 238 g/mol. The van der Waals surface area contributed by atoms with Crippen LogP contribution < -0.4 is 4.90 Å². The minimum absolute atomic E-state index is 0.0116. The molecule has 0 aliphatic rings. The van der Waals surface area contributed by atoms with Crippen LogP contribution in [0.25, 0.3) is 0 Å². The van der Waals surface area contributed by atoms with Gasteiger partial charge in [0, 0.05) is 31.2 Å². The van der Waals surface area contributed by atoms with Gasteiger partial charge in [-0.1, -0.05) is 20.8 Å². The van der Waals surface area contributed by atoms with Crippen molar-refractivity contribution in [3.63, 3.8) is 0 Å². The van der Waals surface area contributed by atoms with Gasteiger partial charge in [-0.25, -0.2) is 4.98 Å². The fourth-order valence-electron chi connectivity index (χ4n) is 1.71. The highest BCUT2D eigenvalue weighted by Crippen LogP contribution is 2.24. The van der Waals surface area contributed by atoms with Crippen molar-refractivity contribution in [2.24, 2.45) is 0 Å². The molecule has 0 aliphatic carbocycles. The van der Waals surface area contributed by atoms with Gasteiger partial charge in [-0.3, -0.25) is 0 Å². The van der Waals surface area contributed by atoms with E-state index in [4.69, 9.17) is 4.98 Å². The Morgan fingerprint density at radius 1 is 1.11 bits per heavy atom. The molecule has 0 saturated carbocycles. The predicted molar refractivity (Wildman–Crippen MR) is 80.7 cm³/mol. The summed E-state index contributed by atoms with van der Waals surface area (Å²) >= 11 is 0. The molecule has 1 aromatic rings. The predicted octanol–water partition coefficient (Wildman–Crippen LogP) is 1.87. The SMILES string of the molecule is CN(C)CCN(C)c1cc(CO)cc(C(C)(C)C)n1. The summed E-state index contributed by atoms with van der Waals surface area (Å²) in [5.74, 6) is 0.929. The van der Waals surface area contributed by atoms with Crippen molar-refractivity contribution in [3.05, 3.63) is 23.4 Å². The number of hydrogen-bond donors (Lipinski definition) is 1. The summed E-state index contributed by atoms with van der Waals surface area (Å²) in [4.78, 5) is 9.01. The molecule has 0 aromatic carbocycles. The van der Waals surface area contributed by atoms with Crippen LogP contribution in [0.2, 0.25) is 0 Å². The first-order valence-electron chi connectivity index (χ1n) is 6.72. The Morgan fingerprint density at radius 3 is 2.21 bits per heavy atom. The average molecular weight is 265 g/mol. The summed E-state index contributed by atoms with van der Waals surface area (Å²) in [7, 11) is 6.16. The Morgan fingerprint density at radius 2 is 1.74 bits per heavy atom. The van der Waals surface area contributed by atoms with Crippen LogP contribution in [0.15, 0.2) is 12.1 Å². The van der Waals surface area contributed by atoms with E-state index >= 15 is 0 Å². The number of rotatable bonds is 5. The molecule has 0 atom stereocenters. The summed E-state index contributed by atoms with van der Waals surface area (Å²) in [5, 5.41) is 9.40. The Labute approximate surface area is 117 Å². The molecule has 19 heavy (non-hydrogen) atoms. The van der Waals surface area contributed by atoms with E-state index in [1.165, 1.54) is 0 Å². The molecule has 0 amide bonds. The van der Waals surface area contributed by atoms with Crippen LogP contribution in [0, 0.1) is 0 Å². The van der Waals surface area contributed by atoms with Crippen molar-refractivity contribution in [3.8, 4) is 0 Å². The van der Waals surface area contributed by atoms with Gasteiger partial charge in [-0.05, 0) is 31.8 Å². The molecule has 108 valence electrons. The van der Waals surface area contributed by atoms with Crippen molar-refractivity contribution < 1.29 is 5.11 Å². The van der Waals surface area contributed by atoms with E-state index in [0.717, 1.165) is 30.2 Å². The number of pyridine rings is 1. The van der Waals surface area contributed by atoms with E-state index in [1.54, 1.807) is 0 Å². The standard InChI is InChI=1S/C15H27N3O/c1-15(2,3)13-9-12(11-19)10-14(16-13)18(6)8-7-17(4)5/h9-10,19H,7-8,11H2,1-6H3. The molecule has 0 saturated heterocycles. The summed E-state index contributed by atoms with van der Waals surface area (Å²) in [6.07, 6.45) is 0. The van der Waals surface area contributed by atoms with Gasteiger partial charge in [0.15, 0.2) is 0 Å². The van der Waals surface area contributed by atoms with Gasteiger partial charge in [0.2, 0.25) is 0 Å². The minimum atomic E-state index is -0.0116. The maximum Gasteiger partial charge on any atom is 0.128 e. The van der Waals surface area contributed by atoms with E-state index in [1.807, 2.05) is 19.2 Å². The number of hydrogen-bond acceptors (Lipinski definition) is 4. The summed E-state index contributed by atoms with van der Waals surface area (Å²) in [5.41, 5.74) is 1.93. The van der Waals surface area contributed by atoms with Crippen LogP contribution in [-0.4, -0.2) is 49.2 Å². The van der Waals surface area contributed by atoms with Gasteiger partial charge in [-0.15, -0.1) is 0 Å². The largest absolute Gasteiger partial charge is 0.392 e. The normalized spacial score (nSPS) is 12.0. The Balaban J connectivity index is 2.99. The van der Waals surface area contributed by atoms with E-state index in [0.29, 0.717) is 0 Å². The number of aliphatic hydroxyl groups excluding tert-OH is 1. The first-order valence-corrected chi connectivity index (χ1v) is 6.72. The summed E-state index contributed by atoms with van der Waals surface area (Å²) in [6, 6.07) is 3.95. The topological polar surface area (TPSA) is 39.6 Å². The molecule has 1 rings (SSSR count). The first-order chi connectivity index (χ1) is 8.74. The van der Waals surface area contributed by atoms with Crippen LogP contribution in [0.3, 0.4) is 0 Å². The maximum absolute atomic E-state index is 9.40. The van der Waals surface area contributed by atoms with Crippen molar-refractivity contribution >= 4 is 5.82 Å². The van der Waals surface area contributed by atoms with E-state index in [9.17, 15) is 5.11 Å². The lowest BCUT2D eigenvalue weighted by molar-refractivity contribution is 0.281. The molecule has 1 aromatic heterocycles. The molecule has 0 fully saturated rings. The van der Waals surface area contributed by atoms with Crippen molar-refractivity contribution in [2.75, 3.05) is 39.1 Å². The highest BCUT2D eigenvalue weighted by atomic mass is 16.3. The highest BCUT2D eigenvalue weighted by Gasteiger charge is 2.18. The lowest BCUT2D eigenvalue weighted by Crippen LogP contribution is -2.29. The van der Waals surface area contributed by atoms with E-state index < -0.39 is 0 Å². The van der Waals surface area contributed by atoms with Gasteiger partial charge in [0.1, 0.15) is 5.82 Å². The summed E-state index contributed by atoms with van der Waals surface area (Å²) in [6.45, 7) is 8.37. The fraction of sp³-hybridized carbons (Fsp3) is 0.667. The van der Waals surface area contributed by atoms with Gasteiger partial charge in [0.25, 0.3) is 0 Å². The van der Waals surface area contributed by atoms with Crippen LogP contribution in [0.5, 0.6) is 0 Å². The zero-order valence-corrected chi connectivity index (χ0v) is 13.1. The van der Waals surface area contributed by atoms with Crippen LogP contribution in [-0.2, 0) is 12.0 Å². The zero-order chi connectivity index (χ0) is 14.6. The van der Waals surface area contributed by atoms with Crippen molar-refractivity contribution in [1.82, 2.24) is 9.88 Å². The lowest BCUT2D eigenvalue weighted by Gasteiger charge is -2.25. The molecule has 4 heteroatoms. The number of aromatic nitrogens is 1. The van der Waals surface area contributed by atoms with Crippen LogP contribution >= 0.6 is 0 Å². The second-order valence-corrected chi connectivity index (χ2v) is 6.35. The highest BCUT2D eigenvalue weighted by molar-refractivity contribution is 5.43. The van der Waals surface area contributed by atoms with Gasteiger partial charge >= 0.3 is 0 Å². The number of anilines is 1. The van der Waals surface area contributed by atoms with E-state index in [2.05, 4.69) is 44.7 Å². The number of nitrogens with zero attached hydrogens (tertiary/aromatic N) is 3. The molecular formula is C15H27N3O. The molecule has 0 bridgehead atoms. The number of likely N-dealkylation sites (N-methyl/N-ethyl adjacent to an activating group) is 2. The molecule has 0 aliphatic heterocycles. The van der Waals surface area contributed by atoms with Crippen molar-refractivity contribution in [1.29, 1.82) is 0 Å². The van der Waals surface area contributed by atoms with Crippen molar-refractivity contribution in [2.45, 2.75) is 32.8 Å². The lowest BCUT2D eigenvalue weighted by atomic mass is 9.91. The third kappa shape index (κ3) is 4.80. The quantitative estimate of drug-likeness (QED) is 0.882. The molecule has 1 N–H and O–H groups in total. The monoisotopic (exact) mass is 265 g/mol. The van der Waals surface area contributed by atoms with E-state index in [-0.39, 0.29) is 12.0 Å². The first kappa shape index (κ1) is 15.9. The second kappa shape index (κ2) is 6.35. The third-order valence-electron chi connectivity index (χ3n) is 3.10. The smallest absolute Gasteiger partial charge is 0.128 e. The second-order valence-electron chi connectivity index (χ2n) is 6.35. The Bertz CT molecular complexity index is 410. The van der Waals surface area contributed by atoms with Gasteiger partial charge < -0.3 is 14.9 Å². The molecule has 0 radical (unpaired) electrons. The molecule has 1 heterocycles. The van der Waals surface area contributed by atoms with Crippen LogP contribution in [0.1, 0.15) is 32.0 Å². The fourth-order valence-corrected chi connectivity index (χ4v) is 1.71. The summed E-state index contributed by atoms with van der Waals surface area (Å²) < 4.78 is 0.